The largest absolute Gasteiger partial charge is 0.297 e. The van der Waals surface area contributed by atoms with Gasteiger partial charge in [-0.1, -0.05) is 23.7 Å². The second-order valence-electron chi connectivity index (χ2n) is 2.96. The lowest BCUT2D eigenvalue weighted by molar-refractivity contribution is -0.119. The average molecular weight is 219 g/mol. The maximum Gasteiger partial charge on any atom is 0.191 e. The smallest absolute Gasteiger partial charge is 0.191 e. The second kappa shape index (κ2) is 5.14. The predicted molar refractivity (Wildman–Crippen MR) is 54.9 cm³/mol. The van der Waals surface area contributed by atoms with Crippen molar-refractivity contribution in [3.8, 4) is 12.1 Å². The number of carbonyl (C=O) groups excluding carboxylic acids is 1. The van der Waals surface area contributed by atoms with Gasteiger partial charge in [-0.2, -0.15) is 10.5 Å². The molecule has 3 nitrogen and oxygen atoms in total. The molecule has 0 saturated carbocycles. The van der Waals surface area contributed by atoms with Gasteiger partial charge in [0.2, 0.25) is 0 Å². The van der Waals surface area contributed by atoms with Crippen molar-refractivity contribution >= 4 is 17.4 Å². The number of halogens is 1. The Bertz CT molecular complexity index is 442. The highest BCUT2D eigenvalue weighted by molar-refractivity contribution is 6.30. The summed E-state index contributed by atoms with van der Waals surface area (Å²) in [5.74, 6) is -1.59. The molecular weight excluding hydrogens is 212 g/mol. The van der Waals surface area contributed by atoms with Gasteiger partial charge in [-0.05, 0) is 17.7 Å². The molecule has 0 fully saturated rings. The van der Waals surface area contributed by atoms with Crippen LogP contribution in [0.5, 0.6) is 0 Å². The number of hydrogen-bond donors (Lipinski definition) is 0. The third-order valence-electron chi connectivity index (χ3n) is 1.85. The molecule has 0 unspecified atom stereocenters. The maximum absolute atomic E-state index is 11.4. The molecule has 0 amide bonds. The van der Waals surface area contributed by atoms with E-state index in [9.17, 15) is 4.79 Å². The van der Waals surface area contributed by atoms with E-state index >= 15 is 0 Å². The van der Waals surface area contributed by atoms with Gasteiger partial charge in [0.15, 0.2) is 11.7 Å². The summed E-state index contributed by atoms with van der Waals surface area (Å²) >= 11 is 5.73. The van der Waals surface area contributed by atoms with Crippen LogP contribution in [0.2, 0.25) is 5.02 Å². The summed E-state index contributed by atoms with van der Waals surface area (Å²) in [4.78, 5) is 11.4. The minimum absolute atomic E-state index is 0.0619. The van der Waals surface area contributed by atoms with Crippen molar-refractivity contribution in [3.63, 3.8) is 0 Å². The average Bonchev–Trinajstić information content (AvgIpc) is 2.19. The number of rotatable bonds is 3. The number of ketones is 1. The summed E-state index contributed by atoms with van der Waals surface area (Å²) in [6.45, 7) is 0. The molecule has 0 aromatic heterocycles. The van der Waals surface area contributed by atoms with E-state index in [4.69, 9.17) is 22.1 Å². The number of benzene rings is 1. The topological polar surface area (TPSA) is 64.7 Å². The third kappa shape index (κ3) is 3.09. The Balaban J connectivity index is 2.76. The van der Waals surface area contributed by atoms with Crippen LogP contribution in [-0.2, 0) is 11.2 Å². The third-order valence-corrected chi connectivity index (χ3v) is 2.08. The van der Waals surface area contributed by atoms with Crippen LogP contribution in [0.1, 0.15) is 5.56 Å². The first kappa shape index (κ1) is 11.2. The first-order chi connectivity index (χ1) is 7.17. The minimum Gasteiger partial charge on any atom is -0.297 e. The lowest BCUT2D eigenvalue weighted by atomic mass is 10.0. The van der Waals surface area contributed by atoms with Crippen molar-refractivity contribution in [2.75, 3.05) is 0 Å². The SMILES string of the molecule is N#CC(C#N)C(=O)Cc1cccc(Cl)c1. The molecule has 0 aliphatic carbocycles. The van der Waals surface area contributed by atoms with Gasteiger partial charge in [-0.3, -0.25) is 4.79 Å². The highest BCUT2D eigenvalue weighted by atomic mass is 35.5. The van der Waals surface area contributed by atoms with Crippen LogP contribution in [0.15, 0.2) is 24.3 Å². The van der Waals surface area contributed by atoms with Crippen LogP contribution in [0.3, 0.4) is 0 Å². The van der Waals surface area contributed by atoms with Gasteiger partial charge in [0.05, 0.1) is 12.1 Å². The van der Waals surface area contributed by atoms with Crippen molar-refractivity contribution in [3.05, 3.63) is 34.9 Å². The molecule has 0 heterocycles. The van der Waals surface area contributed by atoms with Crippen LogP contribution >= 0.6 is 11.6 Å². The number of Topliss-reactive ketones (excluding diaryl/α,β-unsaturated/α-hetero) is 1. The van der Waals surface area contributed by atoms with E-state index in [0.29, 0.717) is 10.6 Å². The summed E-state index contributed by atoms with van der Waals surface area (Å²) in [5, 5.41) is 17.6. The second-order valence-corrected chi connectivity index (χ2v) is 3.40. The van der Waals surface area contributed by atoms with E-state index in [2.05, 4.69) is 0 Å². The fourth-order valence-electron chi connectivity index (χ4n) is 1.12. The Hall–Kier alpha value is -1.84. The number of hydrogen-bond acceptors (Lipinski definition) is 3. The molecule has 1 rings (SSSR count). The van der Waals surface area contributed by atoms with E-state index in [1.54, 1.807) is 36.4 Å². The Kier molecular flexibility index (Phi) is 3.85. The molecule has 1 aromatic carbocycles. The van der Waals surface area contributed by atoms with Crippen molar-refractivity contribution in [1.29, 1.82) is 10.5 Å². The van der Waals surface area contributed by atoms with Gasteiger partial charge in [-0.15, -0.1) is 0 Å². The highest BCUT2D eigenvalue weighted by Gasteiger charge is 2.16. The van der Waals surface area contributed by atoms with Crippen LogP contribution < -0.4 is 0 Å². The molecule has 74 valence electrons. The lowest BCUT2D eigenvalue weighted by Gasteiger charge is -2.01. The molecule has 0 radical (unpaired) electrons. The van der Waals surface area contributed by atoms with Crippen molar-refractivity contribution in [1.82, 2.24) is 0 Å². The van der Waals surface area contributed by atoms with Crippen molar-refractivity contribution in [2.45, 2.75) is 6.42 Å². The molecule has 0 spiro atoms. The number of nitriles is 2. The quantitative estimate of drug-likeness (QED) is 0.781. The van der Waals surface area contributed by atoms with Crippen molar-refractivity contribution in [2.24, 2.45) is 5.92 Å². The lowest BCUT2D eigenvalue weighted by Crippen LogP contribution is -2.13. The van der Waals surface area contributed by atoms with Gasteiger partial charge in [0.25, 0.3) is 0 Å². The normalized spacial score (nSPS) is 9.33. The summed E-state index contributed by atoms with van der Waals surface area (Å²) in [6, 6.07) is 10.1. The van der Waals surface area contributed by atoms with E-state index in [-0.39, 0.29) is 6.42 Å². The molecule has 0 bridgehead atoms. The monoisotopic (exact) mass is 218 g/mol. The maximum atomic E-state index is 11.4. The van der Waals surface area contributed by atoms with Crippen LogP contribution in [-0.4, -0.2) is 5.78 Å². The Morgan fingerprint density at radius 1 is 1.40 bits per heavy atom. The summed E-state index contributed by atoms with van der Waals surface area (Å²) in [5.41, 5.74) is 0.711. The van der Waals surface area contributed by atoms with E-state index in [1.165, 1.54) is 0 Å². The molecule has 15 heavy (non-hydrogen) atoms. The summed E-state index contributed by atoms with van der Waals surface area (Å²) in [7, 11) is 0. The highest BCUT2D eigenvalue weighted by Crippen LogP contribution is 2.12. The van der Waals surface area contributed by atoms with Gasteiger partial charge < -0.3 is 0 Å². The molecule has 0 N–H and O–H groups in total. The van der Waals surface area contributed by atoms with Crippen LogP contribution in [0, 0.1) is 28.6 Å². The first-order valence-corrected chi connectivity index (χ1v) is 4.61. The number of nitrogens with zero attached hydrogens (tertiary/aromatic N) is 2. The van der Waals surface area contributed by atoms with Gasteiger partial charge in [0.1, 0.15) is 0 Å². The van der Waals surface area contributed by atoms with Crippen LogP contribution in [0.4, 0.5) is 0 Å². The molecule has 0 saturated heterocycles. The Labute approximate surface area is 92.5 Å². The van der Waals surface area contributed by atoms with Gasteiger partial charge >= 0.3 is 0 Å². The predicted octanol–water partition coefficient (Wildman–Crippen LogP) is 2.11. The zero-order valence-corrected chi connectivity index (χ0v) is 8.53. The molecule has 0 aliphatic rings. The van der Waals surface area contributed by atoms with Crippen molar-refractivity contribution < 1.29 is 4.79 Å². The Morgan fingerprint density at radius 3 is 2.60 bits per heavy atom. The number of carbonyl (C=O) groups is 1. The summed E-state index contributed by atoms with van der Waals surface area (Å²) in [6.07, 6.45) is 0.0619. The molecule has 0 atom stereocenters. The zero-order chi connectivity index (χ0) is 11.3. The first-order valence-electron chi connectivity index (χ1n) is 4.23. The fraction of sp³-hybridized carbons (Fsp3) is 0.182. The summed E-state index contributed by atoms with van der Waals surface area (Å²) < 4.78 is 0. The molecule has 0 aliphatic heterocycles. The fourth-order valence-corrected chi connectivity index (χ4v) is 1.34. The molecular formula is C11H7ClN2O. The molecule has 4 heteroatoms. The Morgan fingerprint density at radius 2 is 2.07 bits per heavy atom. The van der Waals surface area contributed by atoms with E-state index in [1.807, 2.05) is 0 Å². The van der Waals surface area contributed by atoms with E-state index in [0.717, 1.165) is 0 Å². The van der Waals surface area contributed by atoms with Gasteiger partial charge in [-0.25, -0.2) is 0 Å². The standard InChI is InChI=1S/C11H7ClN2O/c12-10-3-1-2-8(4-10)5-11(15)9(6-13)7-14/h1-4,9H,5H2. The minimum atomic E-state index is -1.19. The van der Waals surface area contributed by atoms with E-state index < -0.39 is 11.7 Å². The van der Waals surface area contributed by atoms with Gasteiger partial charge in [0, 0.05) is 11.4 Å². The molecule has 1 aromatic rings. The van der Waals surface area contributed by atoms with Crippen LogP contribution in [0.25, 0.3) is 0 Å². The zero-order valence-electron chi connectivity index (χ0n) is 7.77.